The minimum atomic E-state index is -0.0636. The number of carbonyl (C=O) groups excluding carboxylic acids is 1. The first-order chi connectivity index (χ1) is 9.76. The number of aliphatic hydroxyl groups is 1. The molecule has 0 aliphatic heterocycles. The van der Waals surface area contributed by atoms with Gasteiger partial charge in [0, 0.05) is 17.9 Å². The summed E-state index contributed by atoms with van der Waals surface area (Å²) in [6.45, 7) is 0.115. The SMILES string of the molecule is N#Cc1c(NC(=O)CCCCO)sc2c1CCCCC2. The van der Waals surface area contributed by atoms with Crippen molar-refractivity contribution in [3.05, 3.63) is 16.0 Å². The highest BCUT2D eigenvalue weighted by Gasteiger charge is 2.20. The number of hydrogen-bond acceptors (Lipinski definition) is 4. The maximum atomic E-state index is 11.8. The van der Waals surface area contributed by atoms with Crippen LogP contribution in [0.5, 0.6) is 0 Å². The number of nitrogens with one attached hydrogen (secondary N) is 1. The molecule has 0 aromatic carbocycles. The summed E-state index contributed by atoms with van der Waals surface area (Å²) in [5.74, 6) is -0.0636. The number of unbranched alkanes of at least 4 members (excludes halogenated alkanes) is 1. The lowest BCUT2D eigenvalue weighted by molar-refractivity contribution is -0.116. The van der Waals surface area contributed by atoms with Crippen LogP contribution in [0.1, 0.15) is 54.5 Å². The van der Waals surface area contributed by atoms with Gasteiger partial charge in [-0.05, 0) is 44.1 Å². The Labute approximate surface area is 123 Å². The standard InChI is InChI=1S/C15H20N2O2S/c16-10-12-11-6-2-1-3-7-13(11)20-15(12)17-14(19)8-4-5-9-18/h18H,1-9H2,(H,17,19). The van der Waals surface area contributed by atoms with Crippen LogP contribution in [-0.2, 0) is 17.6 Å². The van der Waals surface area contributed by atoms with Gasteiger partial charge in [-0.1, -0.05) is 6.42 Å². The number of rotatable bonds is 5. The van der Waals surface area contributed by atoms with Gasteiger partial charge in [-0.2, -0.15) is 5.26 Å². The molecule has 0 saturated heterocycles. The van der Waals surface area contributed by atoms with Crippen LogP contribution in [-0.4, -0.2) is 17.6 Å². The fourth-order valence-corrected chi connectivity index (χ4v) is 3.79. The van der Waals surface area contributed by atoms with E-state index in [0.717, 1.165) is 24.8 Å². The summed E-state index contributed by atoms with van der Waals surface area (Å²) in [6, 6.07) is 2.26. The molecule has 0 bridgehead atoms. The van der Waals surface area contributed by atoms with Crippen molar-refractivity contribution in [1.29, 1.82) is 5.26 Å². The largest absolute Gasteiger partial charge is 0.396 e. The summed E-state index contributed by atoms with van der Waals surface area (Å²) >= 11 is 1.56. The van der Waals surface area contributed by atoms with Crippen molar-refractivity contribution in [3.8, 4) is 6.07 Å². The first-order valence-corrected chi connectivity index (χ1v) is 8.03. The molecule has 5 heteroatoms. The second-order valence-corrected chi connectivity index (χ2v) is 6.21. The molecule has 0 radical (unpaired) electrons. The van der Waals surface area contributed by atoms with E-state index in [9.17, 15) is 10.1 Å². The number of fused-ring (bicyclic) bond motifs is 1. The molecule has 1 aliphatic carbocycles. The third-order valence-electron chi connectivity index (χ3n) is 3.60. The summed E-state index contributed by atoms with van der Waals surface area (Å²) in [5, 5.41) is 21.7. The van der Waals surface area contributed by atoms with Crippen LogP contribution in [0.25, 0.3) is 0 Å². The topological polar surface area (TPSA) is 73.1 Å². The summed E-state index contributed by atoms with van der Waals surface area (Å²) < 4.78 is 0. The van der Waals surface area contributed by atoms with Gasteiger partial charge in [-0.25, -0.2) is 0 Å². The number of aliphatic hydroxyl groups excluding tert-OH is 1. The molecule has 0 saturated carbocycles. The van der Waals surface area contributed by atoms with Crippen molar-refractivity contribution in [2.75, 3.05) is 11.9 Å². The van der Waals surface area contributed by atoms with Crippen LogP contribution in [0.2, 0.25) is 0 Å². The molecule has 2 rings (SSSR count). The zero-order valence-corrected chi connectivity index (χ0v) is 12.4. The highest BCUT2D eigenvalue weighted by Crippen LogP contribution is 2.37. The number of anilines is 1. The zero-order chi connectivity index (χ0) is 14.4. The van der Waals surface area contributed by atoms with Gasteiger partial charge in [-0.3, -0.25) is 4.79 Å². The van der Waals surface area contributed by atoms with Crippen LogP contribution >= 0.6 is 11.3 Å². The van der Waals surface area contributed by atoms with Gasteiger partial charge in [0.25, 0.3) is 0 Å². The molecule has 1 heterocycles. The van der Waals surface area contributed by atoms with Gasteiger partial charge in [0.1, 0.15) is 11.1 Å². The van der Waals surface area contributed by atoms with Crippen LogP contribution in [0, 0.1) is 11.3 Å². The van der Waals surface area contributed by atoms with Gasteiger partial charge >= 0.3 is 0 Å². The monoisotopic (exact) mass is 292 g/mol. The van der Waals surface area contributed by atoms with Gasteiger partial charge in [-0.15, -0.1) is 11.3 Å². The molecular formula is C15H20N2O2S. The molecule has 0 atom stereocenters. The van der Waals surface area contributed by atoms with Crippen molar-refractivity contribution in [2.24, 2.45) is 0 Å². The van der Waals surface area contributed by atoms with E-state index in [1.807, 2.05) is 0 Å². The predicted molar refractivity (Wildman–Crippen MR) is 79.9 cm³/mol. The van der Waals surface area contributed by atoms with E-state index in [-0.39, 0.29) is 12.5 Å². The Kier molecular flexibility index (Phi) is 5.57. The molecule has 108 valence electrons. The maximum Gasteiger partial charge on any atom is 0.225 e. The fraction of sp³-hybridized carbons (Fsp3) is 0.600. The second kappa shape index (κ2) is 7.41. The molecule has 20 heavy (non-hydrogen) atoms. The predicted octanol–water partition coefficient (Wildman–Crippen LogP) is 2.99. The lowest BCUT2D eigenvalue weighted by atomic mass is 10.1. The average Bonchev–Trinajstić information content (AvgIpc) is 2.60. The van der Waals surface area contributed by atoms with Crippen LogP contribution in [0.4, 0.5) is 5.00 Å². The Morgan fingerprint density at radius 3 is 2.85 bits per heavy atom. The lowest BCUT2D eigenvalue weighted by Crippen LogP contribution is -2.11. The highest BCUT2D eigenvalue weighted by molar-refractivity contribution is 7.16. The summed E-state index contributed by atoms with van der Waals surface area (Å²) in [6.07, 6.45) is 7.20. The fourth-order valence-electron chi connectivity index (χ4n) is 2.54. The van der Waals surface area contributed by atoms with Gasteiger partial charge in [0.05, 0.1) is 5.56 Å². The second-order valence-electron chi connectivity index (χ2n) is 5.11. The molecule has 1 amide bonds. The molecule has 0 fully saturated rings. The molecule has 1 aromatic rings. The first-order valence-electron chi connectivity index (χ1n) is 7.21. The molecule has 0 unspecified atom stereocenters. The van der Waals surface area contributed by atoms with E-state index in [0.29, 0.717) is 29.8 Å². The molecule has 0 spiro atoms. The van der Waals surface area contributed by atoms with Crippen molar-refractivity contribution < 1.29 is 9.90 Å². The third-order valence-corrected chi connectivity index (χ3v) is 4.81. The number of nitriles is 1. The van der Waals surface area contributed by atoms with E-state index in [2.05, 4.69) is 11.4 Å². The van der Waals surface area contributed by atoms with E-state index < -0.39 is 0 Å². The Balaban J connectivity index is 2.08. The molecular weight excluding hydrogens is 272 g/mol. The van der Waals surface area contributed by atoms with Crippen LogP contribution in [0.15, 0.2) is 0 Å². The lowest BCUT2D eigenvalue weighted by Gasteiger charge is -2.03. The summed E-state index contributed by atoms with van der Waals surface area (Å²) in [7, 11) is 0. The van der Waals surface area contributed by atoms with Crippen molar-refractivity contribution in [3.63, 3.8) is 0 Å². The maximum absolute atomic E-state index is 11.8. The smallest absolute Gasteiger partial charge is 0.225 e. The molecule has 2 N–H and O–H groups in total. The quantitative estimate of drug-likeness (QED) is 0.647. The number of thiophene rings is 1. The average molecular weight is 292 g/mol. The Morgan fingerprint density at radius 2 is 2.10 bits per heavy atom. The molecule has 4 nitrogen and oxygen atoms in total. The Hall–Kier alpha value is -1.38. The van der Waals surface area contributed by atoms with E-state index in [1.54, 1.807) is 11.3 Å². The van der Waals surface area contributed by atoms with Gasteiger partial charge in [0.2, 0.25) is 5.91 Å². The normalized spacial score (nSPS) is 14.2. The van der Waals surface area contributed by atoms with Gasteiger partial charge < -0.3 is 10.4 Å². The number of hydrogen-bond donors (Lipinski definition) is 2. The van der Waals surface area contributed by atoms with Crippen molar-refractivity contribution in [1.82, 2.24) is 0 Å². The number of aryl methyl sites for hydroxylation is 1. The minimum absolute atomic E-state index is 0.0636. The summed E-state index contributed by atoms with van der Waals surface area (Å²) in [5.41, 5.74) is 1.82. The van der Waals surface area contributed by atoms with Crippen molar-refractivity contribution >= 4 is 22.2 Å². The van der Waals surface area contributed by atoms with E-state index in [1.165, 1.54) is 17.7 Å². The minimum Gasteiger partial charge on any atom is -0.396 e. The molecule has 1 aromatic heterocycles. The summed E-state index contributed by atoms with van der Waals surface area (Å²) in [4.78, 5) is 13.1. The highest BCUT2D eigenvalue weighted by atomic mass is 32.1. The van der Waals surface area contributed by atoms with Gasteiger partial charge in [0.15, 0.2) is 0 Å². The number of amides is 1. The van der Waals surface area contributed by atoms with Crippen molar-refractivity contribution in [2.45, 2.75) is 51.4 Å². The first kappa shape index (κ1) is 15.0. The zero-order valence-electron chi connectivity index (χ0n) is 11.6. The third kappa shape index (κ3) is 3.59. The number of carbonyl (C=O) groups is 1. The number of nitrogens with zero attached hydrogens (tertiary/aromatic N) is 1. The van der Waals surface area contributed by atoms with Crippen LogP contribution < -0.4 is 5.32 Å². The Morgan fingerprint density at radius 1 is 1.30 bits per heavy atom. The molecule has 1 aliphatic rings. The Bertz CT molecular complexity index is 517. The van der Waals surface area contributed by atoms with E-state index >= 15 is 0 Å². The van der Waals surface area contributed by atoms with E-state index in [4.69, 9.17) is 5.11 Å². The van der Waals surface area contributed by atoms with Crippen LogP contribution in [0.3, 0.4) is 0 Å².